The van der Waals surface area contributed by atoms with Gasteiger partial charge in [0.25, 0.3) is 0 Å². The number of aliphatic imine (C=N–C) groups is 1. The molecule has 2 bridgehead atoms. The number of guanidine groups is 1. The highest BCUT2D eigenvalue weighted by atomic mass is 16.5. The van der Waals surface area contributed by atoms with Crippen LogP contribution in [0.2, 0.25) is 0 Å². The van der Waals surface area contributed by atoms with E-state index in [0.29, 0.717) is 24.8 Å². The van der Waals surface area contributed by atoms with Crippen LogP contribution in [0.4, 0.5) is 0 Å². The minimum absolute atomic E-state index is 0.336. The van der Waals surface area contributed by atoms with Gasteiger partial charge in [0, 0.05) is 12.7 Å². The topological polar surface area (TPSA) is 63.5 Å². The van der Waals surface area contributed by atoms with Gasteiger partial charge in [0.2, 0.25) is 0 Å². The number of aryl methyl sites for hydroxylation is 1. The number of para-hydroxylation sites is 1. The van der Waals surface area contributed by atoms with Crippen LogP contribution >= 0.6 is 0 Å². The Balaban J connectivity index is 1.50. The maximum Gasteiger partial charge on any atom is 0.191 e. The molecule has 3 atom stereocenters. The van der Waals surface area contributed by atoms with Crippen molar-refractivity contribution in [2.75, 3.05) is 6.54 Å². The summed E-state index contributed by atoms with van der Waals surface area (Å²) in [6.45, 7) is 5.54. The van der Waals surface area contributed by atoms with Crippen molar-refractivity contribution >= 4 is 5.96 Å². The molecule has 2 aliphatic heterocycles. The lowest BCUT2D eigenvalue weighted by Crippen LogP contribution is -2.47. The van der Waals surface area contributed by atoms with Crippen LogP contribution in [0.3, 0.4) is 0 Å². The van der Waals surface area contributed by atoms with Gasteiger partial charge in [-0.05, 0) is 50.8 Å². The molecule has 1 aromatic heterocycles. The molecule has 6 heteroatoms. The number of aromatic nitrogens is 2. The standard InChI is InChI=1S/C20H27N5O/c1-3-21-20(23-17-12-16-8-9-19(17)26-16)22-13-15-6-4-5-7-18(15)25-11-10-14(2)24-25/h4-7,10-11,16-17,19H,3,8-9,12-13H2,1-2H3,(H2,21,22,23). The molecule has 3 unspecified atom stereocenters. The molecular weight excluding hydrogens is 326 g/mol. The summed E-state index contributed by atoms with van der Waals surface area (Å²) in [5, 5.41) is 11.5. The van der Waals surface area contributed by atoms with E-state index < -0.39 is 0 Å². The van der Waals surface area contributed by atoms with E-state index in [2.05, 4.69) is 40.9 Å². The van der Waals surface area contributed by atoms with Gasteiger partial charge < -0.3 is 15.4 Å². The van der Waals surface area contributed by atoms with Crippen LogP contribution < -0.4 is 10.6 Å². The maximum atomic E-state index is 5.95. The Labute approximate surface area is 154 Å². The van der Waals surface area contributed by atoms with Crippen LogP contribution in [0.1, 0.15) is 37.4 Å². The first-order valence-electron chi connectivity index (χ1n) is 9.54. The third kappa shape index (κ3) is 3.60. The number of benzene rings is 1. The molecule has 26 heavy (non-hydrogen) atoms. The van der Waals surface area contributed by atoms with E-state index in [9.17, 15) is 0 Å². The lowest BCUT2D eigenvalue weighted by atomic mass is 9.96. The zero-order valence-corrected chi connectivity index (χ0v) is 15.5. The van der Waals surface area contributed by atoms with Gasteiger partial charge in [-0.3, -0.25) is 0 Å². The van der Waals surface area contributed by atoms with Crippen LogP contribution in [0.15, 0.2) is 41.5 Å². The van der Waals surface area contributed by atoms with Gasteiger partial charge in [0.15, 0.2) is 5.96 Å². The number of nitrogens with one attached hydrogen (secondary N) is 2. The summed E-state index contributed by atoms with van der Waals surface area (Å²) in [6.07, 6.45) is 6.20. The van der Waals surface area contributed by atoms with Crippen molar-refractivity contribution in [2.24, 2.45) is 4.99 Å². The summed E-state index contributed by atoms with van der Waals surface area (Å²) in [5.41, 5.74) is 3.23. The van der Waals surface area contributed by atoms with E-state index in [4.69, 9.17) is 9.73 Å². The van der Waals surface area contributed by atoms with Crippen molar-refractivity contribution in [3.05, 3.63) is 47.8 Å². The Morgan fingerprint density at radius 2 is 2.19 bits per heavy atom. The molecule has 2 aliphatic rings. The molecule has 2 saturated heterocycles. The highest BCUT2D eigenvalue weighted by Gasteiger charge is 2.41. The fraction of sp³-hybridized carbons (Fsp3) is 0.500. The third-order valence-corrected chi connectivity index (χ3v) is 5.14. The van der Waals surface area contributed by atoms with Crippen LogP contribution in [-0.2, 0) is 11.3 Å². The Bertz CT molecular complexity index is 784. The van der Waals surface area contributed by atoms with Crippen LogP contribution in [0.25, 0.3) is 5.69 Å². The van der Waals surface area contributed by atoms with E-state index in [1.807, 2.05) is 29.9 Å². The summed E-state index contributed by atoms with van der Waals surface area (Å²) < 4.78 is 7.87. The zero-order valence-electron chi connectivity index (χ0n) is 15.5. The molecule has 4 rings (SSSR count). The first kappa shape index (κ1) is 17.1. The van der Waals surface area contributed by atoms with Gasteiger partial charge in [0.1, 0.15) is 0 Å². The largest absolute Gasteiger partial charge is 0.373 e. The van der Waals surface area contributed by atoms with Gasteiger partial charge in [0.05, 0.1) is 36.2 Å². The molecule has 2 fully saturated rings. The van der Waals surface area contributed by atoms with Gasteiger partial charge in [-0.25, -0.2) is 9.67 Å². The van der Waals surface area contributed by atoms with Crippen LogP contribution in [0, 0.1) is 6.92 Å². The lowest BCUT2D eigenvalue weighted by Gasteiger charge is -2.22. The zero-order chi connectivity index (χ0) is 17.9. The van der Waals surface area contributed by atoms with Crippen molar-refractivity contribution < 1.29 is 4.74 Å². The second-order valence-corrected chi connectivity index (χ2v) is 7.09. The van der Waals surface area contributed by atoms with E-state index >= 15 is 0 Å². The molecule has 0 spiro atoms. The minimum atomic E-state index is 0.336. The number of rotatable bonds is 5. The van der Waals surface area contributed by atoms with E-state index in [-0.39, 0.29) is 0 Å². The first-order valence-corrected chi connectivity index (χ1v) is 9.54. The van der Waals surface area contributed by atoms with Gasteiger partial charge in [-0.2, -0.15) is 5.10 Å². The molecule has 6 nitrogen and oxygen atoms in total. The summed E-state index contributed by atoms with van der Waals surface area (Å²) in [6, 6.07) is 10.7. The monoisotopic (exact) mass is 353 g/mol. The molecule has 2 aromatic rings. The van der Waals surface area contributed by atoms with Crippen molar-refractivity contribution in [1.82, 2.24) is 20.4 Å². The second kappa shape index (κ2) is 7.50. The highest BCUT2D eigenvalue weighted by Crippen LogP contribution is 2.34. The predicted octanol–water partition coefficient (Wildman–Crippen LogP) is 2.56. The summed E-state index contributed by atoms with van der Waals surface area (Å²) in [5.74, 6) is 0.861. The SMILES string of the molecule is CCNC(=NCc1ccccc1-n1ccc(C)n1)NC1CC2CCC1O2. The Morgan fingerprint density at radius 1 is 1.31 bits per heavy atom. The quantitative estimate of drug-likeness (QED) is 0.641. The molecule has 3 heterocycles. The van der Waals surface area contributed by atoms with Crippen LogP contribution in [-0.4, -0.2) is 40.5 Å². The number of ether oxygens (including phenoxy) is 1. The summed E-state index contributed by atoms with van der Waals surface area (Å²) in [4.78, 5) is 4.82. The van der Waals surface area contributed by atoms with Crippen molar-refractivity contribution in [2.45, 2.75) is 57.9 Å². The van der Waals surface area contributed by atoms with Crippen molar-refractivity contribution in [3.8, 4) is 5.69 Å². The average molecular weight is 353 g/mol. The molecule has 0 aliphatic carbocycles. The first-order chi connectivity index (χ1) is 12.7. The van der Waals surface area contributed by atoms with Crippen molar-refractivity contribution in [3.63, 3.8) is 0 Å². The maximum absolute atomic E-state index is 5.95. The normalized spacial score (nSPS) is 24.8. The van der Waals surface area contributed by atoms with Gasteiger partial charge in [-0.1, -0.05) is 18.2 Å². The predicted molar refractivity (Wildman–Crippen MR) is 103 cm³/mol. The Hall–Kier alpha value is -2.34. The van der Waals surface area contributed by atoms with E-state index in [0.717, 1.165) is 42.3 Å². The number of hydrogen-bond donors (Lipinski definition) is 2. The van der Waals surface area contributed by atoms with Crippen molar-refractivity contribution in [1.29, 1.82) is 0 Å². The fourth-order valence-corrected chi connectivity index (χ4v) is 3.87. The second-order valence-electron chi connectivity index (χ2n) is 7.09. The number of nitrogens with zero attached hydrogens (tertiary/aromatic N) is 3. The molecule has 0 saturated carbocycles. The Kier molecular flexibility index (Phi) is 4.93. The minimum Gasteiger partial charge on any atom is -0.373 e. The van der Waals surface area contributed by atoms with Gasteiger partial charge in [-0.15, -0.1) is 0 Å². The molecular formula is C20H27N5O. The van der Waals surface area contributed by atoms with Crippen LogP contribution in [0.5, 0.6) is 0 Å². The molecule has 0 amide bonds. The molecule has 1 aromatic carbocycles. The lowest BCUT2D eigenvalue weighted by molar-refractivity contribution is 0.0992. The molecule has 138 valence electrons. The average Bonchev–Trinajstić information content (AvgIpc) is 3.37. The molecule has 2 N–H and O–H groups in total. The number of fused-ring (bicyclic) bond motifs is 2. The fourth-order valence-electron chi connectivity index (χ4n) is 3.87. The summed E-state index contributed by atoms with van der Waals surface area (Å²) >= 11 is 0. The highest BCUT2D eigenvalue weighted by molar-refractivity contribution is 5.80. The van der Waals surface area contributed by atoms with Gasteiger partial charge >= 0.3 is 0 Å². The number of hydrogen-bond acceptors (Lipinski definition) is 3. The van der Waals surface area contributed by atoms with E-state index in [1.165, 1.54) is 6.42 Å². The Morgan fingerprint density at radius 3 is 2.88 bits per heavy atom. The smallest absolute Gasteiger partial charge is 0.191 e. The summed E-state index contributed by atoms with van der Waals surface area (Å²) in [7, 11) is 0. The van der Waals surface area contributed by atoms with E-state index in [1.54, 1.807) is 0 Å². The molecule has 0 radical (unpaired) electrons. The third-order valence-electron chi connectivity index (χ3n) is 5.14.